The molecule has 0 amide bonds. The van der Waals surface area contributed by atoms with E-state index in [-0.39, 0.29) is 0 Å². The van der Waals surface area contributed by atoms with Crippen LogP contribution in [0.3, 0.4) is 0 Å². The predicted molar refractivity (Wildman–Crippen MR) is 105 cm³/mol. The lowest BCUT2D eigenvalue weighted by atomic mass is 10.1. The first-order valence-corrected chi connectivity index (χ1v) is 9.22. The van der Waals surface area contributed by atoms with Crippen LogP contribution in [0.15, 0.2) is 58.2 Å². The lowest BCUT2D eigenvalue weighted by Crippen LogP contribution is -2.14. The maximum Gasteiger partial charge on any atom is 0.206 e. The van der Waals surface area contributed by atoms with Crippen LogP contribution in [0.25, 0.3) is 11.3 Å². The summed E-state index contributed by atoms with van der Waals surface area (Å²) in [5.74, 6) is 0. The van der Waals surface area contributed by atoms with Crippen molar-refractivity contribution in [1.29, 1.82) is 0 Å². The molecule has 1 aromatic carbocycles. The van der Waals surface area contributed by atoms with Crippen molar-refractivity contribution in [3.05, 3.63) is 69.6 Å². The molecule has 0 atom stereocenters. The van der Waals surface area contributed by atoms with Crippen LogP contribution in [-0.2, 0) is 0 Å². The summed E-state index contributed by atoms with van der Waals surface area (Å²) in [5.41, 5.74) is 6.70. The highest BCUT2D eigenvalue weighted by molar-refractivity contribution is 7.07. The van der Waals surface area contributed by atoms with Crippen LogP contribution in [0.4, 0.5) is 0 Å². The molecule has 0 fully saturated rings. The molecule has 0 saturated heterocycles. The molecule has 128 valence electrons. The fourth-order valence-electron chi connectivity index (χ4n) is 2.52. The molecule has 2 heterocycles. The predicted octanol–water partition coefficient (Wildman–Crippen LogP) is 4.42. The molecule has 25 heavy (non-hydrogen) atoms. The Morgan fingerprint density at radius 3 is 2.72 bits per heavy atom. The van der Waals surface area contributed by atoms with Gasteiger partial charge in [-0.2, -0.15) is 5.10 Å². The topological polar surface area (TPSA) is 42.5 Å². The molecule has 0 bridgehead atoms. The fraction of sp³-hybridized carbons (Fsp3) is 0.250. The van der Waals surface area contributed by atoms with Gasteiger partial charge in [0.15, 0.2) is 0 Å². The highest BCUT2D eigenvalue weighted by Crippen LogP contribution is 2.23. The number of aryl methyl sites for hydroxylation is 2. The van der Waals surface area contributed by atoms with Gasteiger partial charge in [0.2, 0.25) is 4.80 Å². The number of aromatic nitrogens is 2. The third-order valence-corrected chi connectivity index (χ3v) is 4.96. The highest BCUT2D eigenvalue weighted by atomic mass is 32.1. The van der Waals surface area contributed by atoms with Crippen molar-refractivity contribution >= 4 is 17.0 Å². The van der Waals surface area contributed by atoms with Gasteiger partial charge in [-0.05, 0) is 51.0 Å². The Balaban J connectivity index is 2.16. The second-order valence-electron chi connectivity index (χ2n) is 5.92. The molecule has 0 radical (unpaired) electrons. The number of benzene rings is 1. The van der Waals surface area contributed by atoms with E-state index >= 15 is 0 Å². The van der Waals surface area contributed by atoms with Crippen LogP contribution in [0.5, 0.6) is 0 Å². The van der Waals surface area contributed by atoms with E-state index in [0.29, 0.717) is 0 Å². The van der Waals surface area contributed by atoms with E-state index < -0.39 is 0 Å². The monoisotopic (exact) mass is 350 g/mol. The van der Waals surface area contributed by atoms with Crippen molar-refractivity contribution in [2.75, 3.05) is 6.54 Å². The smallest absolute Gasteiger partial charge is 0.206 e. The summed E-state index contributed by atoms with van der Waals surface area (Å²) in [6, 6.07) is 10.4. The quantitative estimate of drug-likeness (QED) is 0.642. The normalized spacial score (nSPS) is 12.6. The summed E-state index contributed by atoms with van der Waals surface area (Å²) in [7, 11) is 0. The van der Waals surface area contributed by atoms with E-state index in [4.69, 9.17) is 5.10 Å². The van der Waals surface area contributed by atoms with E-state index in [9.17, 15) is 0 Å². The molecule has 0 N–H and O–H groups in total. The molecule has 5 heteroatoms. The summed E-state index contributed by atoms with van der Waals surface area (Å²) < 4.78 is 1.95. The van der Waals surface area contributed by atoms with Crippen LogP contribution >= 0.6 is 11.3 Å². The van der Waals surface area contributed by atoms with Gasteiger partial charge in [0.05, 0.1) is 11.4 Å². The first-order chi connectivity index (χ1) is 12.1. The van der Waals surface area contributed by atoms with Crippen LogP contribution in [0.2, 0.25) is 0 Å². The Bertz CT molecular complexity index is 965. The van der Waals surface area contributed by atoms with Gasteiger partial charge in [0.1, 0.15) is 0 Å². The lowest BCUT2D eigenvalue weighted by Gasteiger charge is -2.08. The summed E-state index contributed by atoms with van der Waals surface area (Å²) >= 11 is 1.62. The van der Waals surface area contributed by atoms with E-state index in [1.165, 1.54) is 11.1 Å². The van der Waals surface area contributed by atoms with Gasteiger partial charge in [-0.15, -0.1) is 11.3 Å². The zero-order valence-electron chi connectivity index (χ0n) is 15.0. The summed E-state index contributed by atoms with van der Waals surface area (Å²) in [6.45, 7) is 9.04. The minimum Gasteiger partial charge on any atom is -0.264 e. The SMILES string of the molecule is CCN=c1scc(-c2ccc(C)c(C)c2)n1N=C(C)c1cccnc1. The Morgan fingerprint density at radius 2 is 2.04 bits per heavy atom. The standard InChI is InChI=1S/C20H22N4S/c1-5-22-20-24(23-16(4)18-7-6-10-21-12-18)19(13-25-20)17-9-8-14(2)15(3)11-17/h6-13H,5H2,1-4H3. The molecular weight excluding hydrogens is 328 g/mol. The van der Waals surface area contributed by atoms with Crippen LogP contribution in [0, 0.1) is 13.8 Å². The number of pyridine rings is 1. The summed E-state index contributed by atoms with van der Waals surface area (Å²) in [5, 5.41) is 6.97. The molecule has 0 aliphatic rings. The Kier molecular flexibility index (Phi) is 5.24. The molecule has 0 unspecified atom stereocenters. The van der Waals surface area contributed by atoms with Crippen molar-refractivity contribution in [3.8, 4) is 11.3 Å². The average molecular weight is 350 g/mol. The second-order valence-corrected chi connectivity index (χ2v) is 6.75. The summed E-state index contributed by atoms with van der Waals surface area (Å²) in [4.78, 5) is 9.68. The maximum atomic E-state index is 4.85. The van der Waals surface area contributed by atoms with Crippen LogP contribution in [0.1, 0.15) is 30.5 Å². The molecule has 2 aromatic heterocycles. The van der Waals surface area contributed by atoms with Gasteiger partial charge in [-0.3, -0.25) is 9.98 Å². The van der Waals surface area contributed by atoms with E-state index in [0.717, 1.165) is 33.9 Å². The van der Waals surface area contributed by atoms with Crippen molar-refractivity contribution in [1.82, 2.24) is 9.66 Å². The molecule has 0 saturated carbocycles. The van der Waals surface area contributed by atoms with Gasteiger partial charge in [-0.1, -0.05) is 18.2 Å². The molecule has 3 aromatic rings. The molecule has 0 aliphatic heterocycles. The Morgan fingerprint density at radius 1 is 1.20 bits per heavy atom. The van der Waals surface area contributed by atoms with Gasteiger partial charge < -0.3 is 0 Å². The first kappa shape index (κ1) is 17.3. The number of hydrogen-bond donors (Lipinski definition) is 0. The molecule has 4 nitrogen and oxygen atoms in total. The fourth-order valence-corrected chi connectivity index (χ4v) is 3.42. The highest BCUT2D eigenvalue weighted by Gasteiger charge is 2.09. The Labute approximate surface area is 152 Å². The van der Waals surface area contributed by atoms with Crippen molar-refractivity contribution in [3.63, 3.8) is 0 Å². The van der Waals surface area contributed by atoms with Gasteiger partial charge in [-0.25, -0.2) is 4.68 Å². The second kappa shape index (κ2) is 7.57. The first-order valence-electron chi connectivity index (χ1n) is 8.34. The average Bonchev–Trinajstić information content (AvgIpc) is 3.01. The molecular formula is C20H22N4S. The van der Waals surface area contributed by atoms with E-state index in [1.54, 1.807) is 17.5 Å². The lowest BCUT2D eigenvalue weighted by molar-refractivity contribution is 0.827. The van der Waals surface area contributed by atoms with Crippen molar-refractivity contribution in [2.24, 2.45) is 10.1 Å². The number of nitrogens with zero attached hydrogens (tertiary/aromatic N) is 4. The zero-order valence-corrected chi connectivity index (χ0v) is 15.8. The third kappa shape index (κ3) is 3.77. The molecule has 0 spiro atoms. The number of rotatable bonds is 4. The summed E-state index contributed by atoms with van der Waals surface area (Å²) in [6.07, 6.45) is 3.60. The largest absolute Gasteiger partial charge is 0.264 e. The van der Waals surface area contributed by atoms with Crippen LogP contribution in [-0.4, -0.2) is 21.9 Å². The maximum absolute atomic E-state index is 4.85. The molecule has 0 aliphatic carbocycles. The van der Waals surface area contributed by atoms with Gasteiger partial charge in [0, 0.05) is 35.4 Å². The third-order valence-electron chi connectivity index (χ3n) is 4.11. The van der Waals surface area contributed by atoms with Crippen molar-refractivity contribution in [2.45, 2.75) is 27.7 Å². The number of thiazole rings is 1. The zero-order chi connectivity index (χ0) is 17.8. The minimum absolute atomic E-state index is 0.730. The van der Waals surface area contributed by atoms with Crippen molar-refractivity contribution < 1.29 is 0 Å². The van der Waals surface area contributed by atoms with E-state index in [2.05, 4.69) is 47.4 Å². The molecule has 3 rings (SSSR count). The Hall–Kier alpha value is -2.53. The number of hydrogen-bond acceptors (Lipinski definition) is 4. The van der Waals surface area contributed by atoms with E-state index in [1.807, 2.05) is 36.9 Å². The van der Waals surface area contributed by atoms with Gasteiger partial charge in [0.25, 0.3) is 0 Å². The minimum atomic E-state index is 0.730. The van der Waals surface area contributed by atoms with Crippen LogP contribution < -0.4 is 4.80 Å². The van der Waals surface area contributed by atoms with Gasteiger partial charge >= 0.3 is 0 Å².